The standard InChI is InChI=1S/C12H20N4O/c1-12(2,3)11-14-9(16-13)6-10(15-11)17-7-8-4-5-8/h6,8H,4-5,7,13H2,1-3H3,(H,14,15,16). The lowest BCUT2D eigenvalue weighted by molar-refractivity contribution is 0.285. The predicted molar refractivity (Wildman–Crippen MR) is 66.8 cm³/mol. The Morgan fingerprint density at radius 2 is 2.12 bits per heavy atom. The van der Waals surface area contributed by atoms with E-state index >= 15 is 0 Å². The Bertz CT molecular complexity index is 396. The van der Waals surface area contributed by atoms with Gasteiger partial charge in [0.2, 0.25) is 5.88 Å². The van der Waals surface area contributed by atoms with E-state index in [0.29, 0.717) is 17.6 Å². The van der Waals surface area contributed by atoms with Crippen molar-refractivity contribution in [2.75, 3.05) is 12.0 Å². The first-order chi connectivity index (χ1) is 7.99. The second kappa shape index (κ2) is 4.49. The van der Waals surface area contributed by atoms with Crippen molar-refractivity contribution in [3.63, 3.8) is 0 Å². The Morgan fingerprint density at radius 3 is 2.65 bits per heavy atom. The van der Waals surface area contributed by atoms with Crippen molar-refractivity contribution in [2.45, 2.75) is 39.0 Å². The van der Waals surface area contributed by atoms with Crippen molar-refractivity contribution in [1.29, 1.82) is 0 Å². The van der Waals surface area contributed by atoms with Gasteiger partial charge >= 0.3 is 0 Å². The van der Waals surface area contributed by atoms with Gasteiger partial charge in [-0.3, -0.25) is 0 Å². The number of nitrogens with zero attached hydrogens (tertiary/aromatic N) is 2. The Labute approximate surface area is 102 Å². The maximum atomic E-state index is 5.66. The molecule has 1 fully saturated rings. The van der Waals surface area contributed by atoms with Crippen molar-refractivity contribution in [3.8, 4) is 5.88 Å². The highest BCUT2D eigenvalue weighted by Crippen LogP contribution is 2.30. The summed E-state index contributed by atoms with van der Waals surface area (Å²) in [4.78, 5) is 8.76. The third-order valence-electron chi connectivity index (χ3n) is 2.69. The van der Waals surface area contributed by atoms with E-state index in [1.54, 1.807) is 6.07 Å². The fourth-order valence-electron chi connectivity index (χ4n) is 1.40. The van der Waals surface area contributed by atoms with E-state index in [1.165, 1.54) is 12.8 Å². The molecule has 0 aliphatic heterocycles. The minimum Gasteiger partial charge on any atom is -0.477 e. The lowest BCUT2D eigenvalue weighted by Crippen LogP contribution is -2.19. The molecule has 0 amide bonds. The van der Waals surface area contributed by atoms with Crippen molar-refractivity contribution in [2.24, 2.45) is 11.8 Å². The predicted octanol–water partition coefficient (Wildman–Crippen LogP) is 1.85. The first-order valence-corrected chi connectivity index (χ1v) is 5.98. The fourth-order valence-corrected chi connectivity index (χ4v) is 1.40. The zero-order valence-corrected chi connectivity index (χ0v) is 10.7. The van der Waals surface area contributed by atoms with E-state index in [2.05, 4.69) is 36.2 Å². The molecule has 3 N–H and O–H groups in total. The maximum Gasteiger partial charge on any atom is 0.218 e. The second-order valence-corrected chi connectivity index (χ2v) is 5.56. The molecule has 5 heteroatoms. The molecule has 0 spiro atoms. The molecule has 5 nitrogen and oxygen atoms in total. The maximum absolute atomic E-state index is 5.66. The Hall–Kier alpha value is -1.36. The van der Waals surface area contributed by atoms with Crippen LogP contribution in [0.4, 0.5) is 5.82 Å². The summed E-state index contributed by atoms with van der Waals surface area (Å²) in [6.07, 6.45) is 2.53. The van der Waals surface area contributed by atoms with Crippen LogP contribution in [-0.4, -0.2) is 16.6 Å². The molecule has 1 aliphatic carbocycles. The molecule has 1 heterocycles. The summed E-state index contributed by atoms with van der Waals surface area (Å²) in [6.45, 7) is 6.93. The SMILES string of the molecule is CC(C)(C)c1nc(NN)cc(OCC2CC2)n1. The minimum atomic E-state index is -0.120. The molecule has 0 unspecified atom stereocenters. The molecule has 0 radical (unpaired) electrons. The van der Waals surface area contributed by atoms with Gasteiger partial charge in [0.15, 0.2) is 0 Å². The first-order valence-electron chi connectivity index (χ1n) is 5.98. The largest absolute Gasteiger partial charge is 0.477 e. The van der Waals surface area contributed by atoms with Crippen LogP contribution in [0.15, 0.2) is 6.07 Å². The average Bonchev–Trinajstić information content (AvgIpc) is 3.08. The van der Waals surface area contributed by atoms with Gasteiger partial charge in [-0.05, 0) is 18.8 Å². The summed E-state index contributed by atoms with van der Waals surface area (Å²) in [7, 11) is 0. The number of rotatable bonds is 4. The van der Waals surface area contributed by atoms with E-state index in [9.17, 15) is 0 Å². The highest BCUT2D eigenvalue weighted by atomic mass is 16.5. The van der Waals surface area contributed by atoms with Crippen LogP contribution >= 0.6 is 0 Å². The van der Waals surface area contributed by atoms with Gasteiger partial charge in [0.1, 0.15) is 11.6 Å². The number of aromatic nitrogens is 2. The van der Waals surface area contributed by atoms with Gasteiger partial charge in [0.25, 0.3) is 0 Å². The van der Waals surface area contributed by atoms with Crippen LogP contribution in [0.5, 0.6) is 5.88 Å². The summed E-state index contributed by atoms with van der Waals surface area (Å²) in [5.41, 5.74) is 2.43. The third-order valence-corrected chi connectivity index (χ3v) is 2.69. The summed E-state index contributed by atoms with van der Waals surface area (Å²) in [6, 6.07) is 1.73. The van der Waals surface area contributed by atoms with Crippen LogP contribution in [0.3, 0.4) is 0 Å². The Balaban J connectivity index is 2.18. The molecule has 0 aromatic carbocycles. The van der Waals surface area contributed by atoms with E-state index in [-0.39, 0.29) is 5.41 Å². The van der Waals surface area contributed by atoms with E-state index in [1.807, 2.05) is 0 Å². The average molecular weight is 236 g/mol. The van der Waals surface area contributed by atoms with Gasteiger partial charge in [-0.15, -0.1) is 0 Å². The normalized spacial score (nSPS) is 15.8. The van der Waals surface area contributed by atoms with Crippen molar-refractivity contribution >= 4 is 5.82 Å². The van der Waals surface area contributed by atoms with Crippen molar-refractivity contribution in [3.05, 3.63) is 11.9 Å². The molecule has 2 rings (SSSR count). The molecule has 1 aromatic rings. The van der Waals surface area contributed by atoms with Crippen molar-refractivity contribution < 1.29 is 4.74 Å². The first kappa shape index (κ1) is 12.1. The number of nitrogen functional groups attached to an aromatic ring is 1. The van der Waals surface area contributed by atoms with Gasteiger partial charge < -0.3 is 10.2 Å². The van der Waals surface area contributed by atoms with Gasteiger partial charge in [-0.1, -0.05) is 20.8 Å². The van der Waals surface area contributed by atoms with Crippen LogP contribution in [0.1, 0.15) is 39.4 Å². The van der Waals surface area contributed by atoms with Gasteiger partial charge in [0, 0.05) is 11.5 Å². The molecule has 1 aromatic heterocycles. The van der Waals surface area contributed by atoms with Crippen LogP contribution < -0.4 is 16.0 Å². The fraction of sp³-hybridized carbons (Fsp3) is 0.667. The number of nitrogens with two attached hydrogens (primary N) is 1. The zero-order chi connectivity index (χ0) is 12.5. The molecule has 94 valence electrons. The number of hydrogen-bond acceptors (Lipinski definition) is 5. The van der Waals surface area contributed by atoms with Crippen molar-refractivity contribution in [1.82, 2.24) is 9.97 Å². The lowest BCUT2D eigenvalue weighted by Gasteiger charge is -2.18. The molecule has 1 aliphatic rings. The Kier molecular flexibility index (Phi) is 3.19. The third kappa shape index (κ3) is 3.30. The summed E-state index contributed by atoms with van der Waals surface area (Å²) in [5.74, 6) is 8.04. The number of hydrazine groups is 1. The number of ether oxygens (including phenoxy) is 1. The molecular formula is C12H20N4O. The lowest BCUT2D eigenvalue weighted by atomic mass is 9.96. The smallest absolute Gasteiger partial charge is 0.218 e. The van der Waals surface area contributed by atoms with Crippen LogP contribution in [0, 0.1) is 5.92 Å². The van der Waals surface area contributed by atoms with E-state index in [4.69, 9.17) is 10.6 Å². The number of anilines is 1. The molecule has 1 saturated carbocycles. The Morgan fingerprint density at radius 1 is 1.41 bits per heavy atom. The molecular weight excluding hydrogens is 216 g/mol. The highest BCUT2D eigenvalue weighted by molar-refractivity contribution is 5.37. The minimum absolute atomic E-state index is 0.120. The van der Waals surface area contributed by atoms with Crippen LogP contribution in [-0.2, 0) is 5.41 Å². The van der Waals surface area contributed by atoms with Gasteiger partial charge in [-0.2, -0.15) is 4.98 Å². The molecule has 0 bridgehead atoms. The van der Waals surface area contributed by atoms with Crippen LogP contribution in [0.2, 0.25) is 0 Å². The monoisotopic (exact) mass is 236 g/mol. The number of nitrogens with one attached hydrogen (secondary N) is 1. The van der Waals surface area contributed by atoms with Crippen LogP contribution in [0.25, 0.3) is 0 Å². The zero-order valence-electron chi connectivity index (χ0n) is 10.7. The van der Waals surface area contributed by atoms with Gasteiger partial charge in [0.05, 0.1) is 6.61 Å². The van der Waals surface area contributed by atoms with Gasteiger partial charge in [-0.25, -0.2) is 10.8 Å². The summed E-state index contributed by atoms with van der Waals surface area (Å²) < 4.78 is 5.66. The summed E-state index contributed by atoms with van der Waals surface area (Å²) >= 11 is 0. The molecule has 0 saturated heterocycles. The van der Waals surface area contributed by atoms with E-state index < -0.39 is 0 Å². The quantitative estimate of drug-likeness (QED) is 0.616. The molecule has 17 heavy (non-hydrogen) atoms. The highest BCUT2D eigenvalue weighted by Gasteiger charge is 2.23. The summed E-state index contributed by atoms with van der Waals surface area (Å²) in [5, 5.41) is 0. The molecule has 0 atom stereocenters. The second-order valence-electron chi connectivity index (χ2n) is 5.56. The van der Waals surface area contributed by atoms with E-state index in [0.717, 1.165) is 12.4 Å². The topological polar surface area (TPSA) is 73.1 Å². The number of hydrogen-bond donors (Lipinski definition) is 2.